The summed E-state index contributed by atoms with van der Waals surface area (Å²) in [5, 5.41) is 0. The van der Waals surface area contributed by atoms with Crippen molar-refractivity contribution in [2.45, 2.75) is 5.41 Å². The van der Waals surface area contributed by atoms with Gasteiger partial charge in [0.2, 0.25) is 0 Å². The molecular weight excluding hydrogens is 472 g/mol. The lowest BCUT2D eigenvalue weighted by Crippen LogP contribution is -2.31. The number of nitrogen functional groups attached to an aromatic ring is 2. The molecule has 6 rings (SSSR count). The van der Waals surface area contributed by atoms with Gasteiger partial charge in [-0.2, -0.15) is 0 Å². The zero-order chi connectivity index (χ0) is 26.7. The lowest BCUT2D eigenvalue weighted by atomic mass is 9.64. The van der Waals surface area contributed by atoms with Gasteiger partial charge in [0.05, 0.1) is 5.41 Å². The van der Waals surface area contributed by atoms with Crippen LogP contribution in [0, 0.1) is 0 Å². The number of hydrogen-bond acceptors (Lipinski definition) is 2. The lowest BCUT2D eigenvalue weighted by molar-refractivity contribution is 0.746. The van der Waals surface area contributed by atoms with Crippen molar-refractivity contribution < 1.29 is 0 Å². The summed E-state index contributed by atoms with van der Waals surface area (Å²) >= 11 is 0. The monoisotopic (exact) mass is 502 g/mol. The summed E-state index contributed by atoms with van der Waals surface area (Å²) in [5.74, 6) is 0. The van der Waals surface area contributed by atoms with Crippen LogP contribution in [0.5, 0.6) is 0 Å². The molecule has 188 valence electrons. The Bertz CT molecular complexity index is 1560. The fourth-order valence-corrected chi connectivity index (χ4v) is 5.69. The van der Waals surface area contributed by atoms with E-state index in [0.717, 1.165) is 44.8 Å². The quantitative estimate of drug-likeness (QED) is 0.177. The SMILES string of the molecule is Nc1ccc(C(c2ccccc2)(c2ccccc2)c2ccc(N)c(-c3ccccc3)c2)cc1-c1ccccc1. The number of anilines is 2. The molecule has 0 aliphatic carbocycles. The van der Waals surface area contributed by atoms with Gasteiger partial charge in [0.25, 0.3) is 0 Å². The Kier molecular flexibility index (Phi) is 6.44. The molecule has 2 heteroatoms. The van der Waals surface area contributed by atoms with Gasteiger partial charge < -0.3 is 11.5 Å². The topological polar surface area (TPSA) is 52.0 Å². The third kappa shape index (κ3) is 4.36. The van der Waals surface area contributed by atoms with Gasteiger partial charge in [0, 0.05) is 22.5 Å². The maximum Gasteiger partial charge on any atom is 0.0702 e. The third-order valence-corrected chi connectivity index (χ3v) is 7.56. The fourth-order valence-electron chi connectivity index (χ4n) is 5.69. The van der Waals surface area contributed by atoms with Gasteiger partial charge in [-0.25, -0.2) is 0 Å². The molecule has 0 aromatic heterocycles. The highest BCUT2D eigenvalue weighted by molar-refractivity contribution is 5.81. The van der Waals surface area contributed by atoms with E-state index in [1.807, 2.05) is 24.3 Å². The predicted octanol–water partition coefficient (Wildman–Crippen LogP) is 8.57. The molecule has 0 aliphatic heterocycles. The minimum absolute atomic E-state index is 0.614. The minimum Gasteiger partial charge on any atom is -0.398 e. The van der Waals surface area contributed by atoms with Gasteiger partial charge in [0.1, 0.15) is 0 Å². The van der Waals surface area contributed by atoms with Crippen molar-refractivity contribution in [3.63, 3.8) is 0 Å². The molecule has 0 saturated carbocycles. The van der Waals surface area contributed by atoms with Gasteiger partial charge in [-0.3, -0.25) is 0 Å². The number of benzene rings is 6. The van der Waals surface area contributed by atoms with Gasteiger partial charge in [-0.05, 0) is 57.6 Å². The van der Waals surface area contributed by atoms with Crippen molar-refractivity contribution in [3.8, 4) is 22.3 Å². The van der Waals surface area contributed by atoms with E-state index in [-0.39, 0.29) is 0 Å². The summed E-state index contributed by atoms with van der Waals surface area (Å²) in [6.07, 6.45) is 0. The average Bonchev–Trinajstić information content (AvgIpc) is 3.01. The van der Waals surface area contributed by atoms with E-state index in [4.69, 9.17) is 11.5 Å². The van der Waals surface area contributed by atoms with Crippen LogP contribution in [0.1, 0.15) is 22.3 Å². The molecule has 0 saturated heterocycles. The standard InChI is InChI=1S/C37H30N2/c38-35-23-21-31(25-33(35)27-13-5-1-6-14-27)37(29-17-9-3-10-18-29,30-19-11-4-12-20-30)32-22-24-36(39)34(26-32)28-15-7-2-8-16-28/h1-26H,38-39H2. The van der Waals surface area contributed by atoms with Crippen molar-refractivity contribution in [1.82, 2.24) is 0 Å². The highest BCUT2D eigenvalue weighted by Gasteiger charge is 2.39. The van der Waals surface area contributed by atoms with E-state index in [0.29, 0.717) is 0 Å². The maximum absolute atomic E-state index is 6.58. The first kappa shape index (κ1) is 24.3. The van der Waals surface area contributed by atoms with Crippen molar-refractivity contribution in [1.29, 1.82) is 0 Å². The first-order valence-electron chi connectivity index (χ1n) is 13.2. The molecule has 0 amide bonds. The molecule has 0 bridgehead atoms. The Hall–Kier alpha value is -5.08. The van der Waals surface area contributed by atoms with Crippen molar-refractivity contribution in [2.75, 3.05) is 11.5 Å². The zero-order valence-electron chi connectivity index (χ0n) is 21.7. The summed E-state index contributed by atoms with van der Waals surface area (Å²) in [6, 6.07) is 55.0. The molecule has 6 aromatic carbocycles. The maximum atomic E-state index is 6.58. The fraction of sp³-hybridized carbons (Fsp3) is 0.0270. The molecule has 39 heavy (non-hydrogen) atoms. The first-order valence-corrected chi connectivity index (χ1v) is 13.2. The van der Waals surface area contributed by atoms with Gasteiger partial charge in [0.15, 0.2) is 0 Å². The van der Waals surface area contributed by atoms with Crippen LogP contribution in [-0.4, -0.2) is 0 Å². The van der Waals surface area contributed by atoms with Crippen molar-refractivity contribution >= 4 is 11.4 Å². The highest BCUT2D eigenvalue weighted by atomic mass is 14.6. The van der Waals surface area contributed by atoms with Gasteiger partial charge in [-0.15, -0.1) is 0 Å². The van der Waals surface area contributed by atoms with E-state index in [9.17, 15) is 0 Å². The van der Waals surface area contributed by atoms with E-state index in [2.05, 4.69) is 133 Å². The van der Waals surface area contributed by atoms with E-state index in [1.165, 1.54) is 11.1 Å². The van der Waals surface area contributed by atoms with Crippen LogP contribution >= 0.6 is 0 Å². The van der Waals surface area contributed by atoms with Crippen LogP contribution in [0.3, 0.4) is 0 Å². The molecule has 2 nitrogen and oxygen atoms in total. The van der Waals surface area contributed by atoms with Crippen LogP contribution in [0.25, 0.3) is 22.3 Å². The lowest BCUT2D eigenvalue weighted by Gasteiger charge is -2.37. The second kappa shape index (κ2) is 10.4. The molecule has 0 unspecified atom stereocenters. The predicted molar refractivity (Wildman–Crippen MR) is 164 cm³/mol. The van der Waals surface area contributed by atoms with Gasteiger partial charge >= 0.3 is 0 Å². The molecule has 0 radical (unpaired) electrons. The van der Waals surface area contributed by atoms with Crippen LogP contribution in [-0.2, 0) is 5.41 Å². The Labute approximate surface area is 230 Å². The number of nitrogens with two attached hydrogens (primary N) is 2. The zero-order valence-corrected chi connectivity index (χ0v) is 21.7. The molecule has 6 aromatic rings. The molecule has 0 heterocycles. The van der Waals surface area contributed by atoms with E-state index in [1.54, 1.807) is 0 Å². The van der Waals surface area contributed by atoms with Crippen LogP contribution < -0.4 is 11.5 Å². The minimum atomic E-state index is -0.614. The summed E-state index contributed by atoms with van der Waals surface area (Å²) in [4.78, 5) is 0. The van der Waals surface area contributed by atoms with Crippen LogP contribution in [0.2, 0.25) is 0 Å². The smallest absolute Gasteiger partial charge is 0.0702 e. The summed E-state index contributed by atoms with van der Waals surface area (Å²) in [5.41, 5.74) is 22.9. The van der Waals surface area contributed by atoms with Crippen molar-refractivity contribution in [3.05, 3.63) is 180 Å². The van der Waals surface area contributed by atoms with E-state index >= 15 is 0 Å². The van der Waals surface area contributed by atoms with Gasteiger partial charge in [-0.1, -0.05) is 133 Å². The Morgan fingerprint density at radius 2 is 0.667 bits per heavy atom. The normalized spacial score (nSPS) is 11.3. The molecule has 0 aliphatic rings. The Morgan fingerprint density at radius 1 is 0.333 bits per heavy atom. The number of rotatable bonds is 6. The summed E-state index contributed by atoms with van der Waals surface area (Å²) < 4.78 is 0. The van der Waals surface area contributed by atoms with Crippen molar-refractivity contribution in [2.24, 2.45) is 0 Å². The number of hydrogen-bond donors (Lipinski definition) is 2. The third-order valence-electron chi connectivity index (χ3n) is 7.56. The molecule has 0 spiro atoms. The Balaban J connectivity index is 1.71. The average molecular weight is 503 g/mol. The first-order chi connectivity index (χ1) is 19.2. The Morgan fingerprint density at radius 3 is 1.03 bits per heavy atom. The molecule has 0 atom stereocenters. The summed E-state index contributed by atoms with van der Waals surface area (Å²) in [6.45, 7) is 0. The van der Waals surface area contributed by atoms with Crippen LogP contribution in [0.4, 0.5) is 11.4 Å². The highest BCUT2D eigenvalue weighted by Crippen LogP contribution is 2.48. The molecule has 4 N–H and O–H groups in total. The molecular formula is C37H30N2. The molecule has 0 fully saturated rings. The second-order valence-corrected chi connectivity index (χ2v) is 9.82. The largest absolute Gasteiger partial charge is 0.398 e. The second-order valence-electron chi connectivity index (χ2n) is 9.82. The van der Waals surface area contributed by atoms with Crippen LogP contribution in [0.15, 0.2) is 158 Å². The van der Waals surface area contributed by atoms with E-state index < -0.39 is 5.41 Å². The summed E-state index contributed by atoms with van der Waals surface area (Å²) in [7, 11) is 0.